The van der Waals surface area contributed by atoms with Gasteiger partial charge < -0.3 is 15.1 Å². The molecule has 4 amide bonds. The van der Waals surface area contributed by atoms with Gasteiger partial charge in [0.25, 0.3) is 11.1 Å². The summed E-state index contributed by atoms with van der Waals surface area (Å²) in [6.45, 7) is 4.18. The minimum atomic E-state index is -0.710. The number of hydrogen-bond acceptors (Lipinski definition) is 8. The summed E-state index contributed by atoms with van der Waals surface area (Å²) in [5, 5.41) is 13.3. The molecule has 0 radical (unpaired) electrons. The molecule has 2 N–H and O–H groups in total. The van der Waals surface area contributed by atoms with Gasteiger partial charge >= 0.3 is 6.03 Å². The van der Waals surface area contributed by atoms with E-state index in [0.29, 0.717) is 12.2 Å². The standard InChI is InChI=1S/C20H29N5O5S/c1-12(2)10-14(22-17(28)13-6-4-3-5-7-13)16(27)18-23-24-20(30-18)31-9-8-25-15(26)11-21-19(25)29/h12-14H,3-11H2,1-2H3,(H,21,29)(H,22,28)/t14-/m0/s1. The number of carbonyl (C=O) groups is 4. The smallest absolute Gasteiger partial charge is 0.324 e. The van der Waals surface area contributed by atoms with Crippen molar-refractivity contribution in [1.82, 2.24) is 25.7 Å². The van der Waals surface area contributed by atoms with Crippen LogP contribution in [0, 0.1) is 11.8 Å². The predicted molar refractivity (Wildman–Crippen MR) is 112 cm³/mol. The van der Waals surface area contributed by atoms with E-state index < -0.39 is 17.9 Å². The minimum absolute atomic E-state index is 0.00647. The van der Waals surface area contributed by atoms with Crippen LogP contribution in [0.1, 0.15) is 63.1 Å². The Morgan fingerprint density at radius 2 is 1.97 bits per heavy atom. The van der Waals surface area contributed by atoms with Crippen LogP contribution in [-0.2, 0) is 9.59 Å². The second-order valence-corrected chi connectivity index (χ2v) is 9.36. The van der Waals surface area contributed by atoms with Gasteiger partial charge in [0, 0.05) is 18.2 Å². The van der Waals surface area contributed by atoms with Crippen molar-refractivity contribution in [3.63, 3.8) is 0 Å². The molecule has 11 heteroatoms. The van der Waals surface area contributed by atoms with Crippen molar-refractivity contribution in [3.8, 4) is 0 Å². The molecule has 3 rings (SSSR count). The topological polar surface area (TPSA) is 134 Å². The van der Waals surface area contributed by atoms with Gasteiger partial charge in [-0.25, -0.2) is 4.79 Å². The van der Waals surface area contributed by atoms with Crippen LogP contribution in [0.15, 0.2) is 9.64 Å². The summed E-state index contributed by atoms with van der Waals surface area (Å²) in [5.74, 6) is -0.392. The molecule has 0 aromatic carbocycles. The number of aromatic nitrogens is 2. The van der Waals surface area contributed by atoms with E-state index in [-0.39, 0.29) is 47.9 Å². The molecule has 1 aliphatic carbocycles. The van der Waals surface area contributed by atoms with Gasteiger partial charge in [0.2, 0.25) is 17.6 Å². The molecule has 1 atom stereocenters. The van der Waals surface area contributed by atoms with Crippen molar-refractivity contribution in [2.24, 2.45) is 11.8 Å². The van der Waals surface area contributed by atoms with E-state index in [4.69, 9.17) is 4.42 Å². The zero-order valence-corrected chi connectivity index (χ0v) is 18.7. The van der Waals surface area contributed by atoms with Crippen molar-refractivity contribution in [2.75, 3.05) is 18.8 Å². The fourth-order valence-corrected chi connectivity index (χ4v) is 4.46. The van der Waals surface area contributed by atoms with Crippen molar-refractivity contribution < 1.29 is 23.6 Å². The number of nitrogens with one attached hydrogen (secondary N) is 2. The number of amides is 4. The molecule has 0 bridgehead atoms. The summed E-state index contributed by atoms with van der Waals surface area (Å²) in [6.07, 6.45) is 5.41. The first kappa shape index (κ1) is 23.2. The number of thioether (sulfide) groups is 1. The van der Waals surface area contributed by atoms with E-state index in [1.165, 1.54) is 0 Å². The second kappa shape index (κ2) is 10.7. The average Bonchev–Trinajstić information content (AvgIpc) is 3.35. The first-order valence-electron chi connectivity index (χ1n) is 10.7. The van der Waals surface area contributed by atoms with Crippen LogP contribution in [0.25, 0.3) is 0 Å². The predicted octanol–water partition coefficient (Wildman–Crippen LogP) is 2.01. The number of ketones is 1. The Morgan fingerprint density at radius 3 is 2.61 bits per heavy atom. The molecule has 1 aromatic heterocycles. The van der Waals surface area contributed by atoms with Gasteiger partial charge in [-0.15, -0.1) is 10.2 Å². The molecule has 10 nitrogen and oxygen atoms in total. The number of imide groups is 1. The zero-order valence-electron chi connectivity index (χ0n) is 17.9. The third-order valence-electron chi connectivity index (χ3n) is 5.41. The lowest BCUT2D eigenvalue weighted by molar-refractivity contribution is -0.126. The van der Waals surface area contributed by atoms with Crippen LogP contribution >= 0.6 is 11.8 Å². The summed E-state index contributed by atoms with van der Waals surface area (Å²) in [6, 6.07) is -1.13. The van der Waals surface area contributed by atoms with Gasteiger partial charge in [-0.1, -0.05) is 44.9 Å². The van der Waals surface area contributed by atoms with E-state index in [1.807, 2.05) is 13.8 Å². The Balaban J connectivity index is 1.56. The van der Waals surface area contributed by atoms with Crippen molar-refractivity contribution in [3.05, 3.63) is 5.89 Å². The van der Waals surface area contributed by atoms with Gasteiger partial charge in [0.1, 0.15) is 0 Å². The maximum absolute atomic E-state index is 13.0. The molecular formula is C20H29N5O5S. The Bertz CT molecular complexity index is 805. The van der Waals surface area contributed by atoms with E-state index >= 15 is 0 Å². The third-order valence-corrected chi connectivity index (χ3v) is 6.21. The van der Waals surface area contributed by atoms with E-state index in [0.717, 1.165) is 48.8 Å². The first-order chi connectivity index (χ1) is 14.8. The van der Waals surface area contributed by atoms with Crippen LogP contribution < -0.4 is 10.6 Å². The van der Waals surface area contributed by atoms with Gasteiger partial charge in [-0.3, -0.25) is 19.3 Å². The molecule has 1 aliphatic heterocycles. The van der Waals surface area contributed by atoms with E-state index in [2.05, 4.69) is 20.8 Å². The summed E-state index contributed by atoms with van der Waals surface area (Å²) in [5.41, 5.74) is 0. The third kappa shape index (κ3) is 6.28. The van der Waals surface area contributed by atoms with E-state index in [9.17, 15) is 19.2 Å². The maximum atomic E-state index is 13.0. The molecule has 0 spiro atoms. The molecule has 1 saturated heterocycles. The Kier molecular flexibility index (Phi) is 8.05. The number of nitrogens with zero attached hydrogens (tertiary/aromatic N) is 3. The average molecular weight is 452 g/mol. The molecular weight excluding hydrogens is 422 g/mol. The molecule has 0 unspecified atom stereocenters. The van der Waals surface area contributed by atoms with E-state index in [1.54, 1.807) is 0 Å². The number of rotatable bonds is 10. The largest absolute Gasteiger partial charge is 0.408 e. The monoisotopic (exact) mass is 451 g/mol. The maximum Gasteiger partial charge on any atom is 0.324 e. The zero-order chi connectivity index (χ0) is 22.4. The highest BCUT2D eigenvalue weighted by Crippen LogP contribution is 2.24. The molecule has 31 heavy (non-hydrogen) atoms. The fourth-order valence-electron chi connectivity index (χ4n) is 3.78. The number of carbonyl (C=O) groups excluding carboxylic acids is 4. The van der Waals surface area contributed by atoms with Gasteiger partial charge in [-0.2, -0.15) is 0 Å². The Labute approximate surface area is 185 Å². The summed E-state index contributed by atoms with van der Waals surface area (Å²) in [4.78, 5) is 49.9. The van der Waals surface area contributed by atoms with Gasteiger partial charge in [0.15, 0.2) is 0 Å². The van der Waals surface area contributed by atoms with Crippen LogP contribution in [0.3, 0.4) is 0 Å². The quantitative estimate of drug-likeness (QED) is 0.313. The SMILES string of the molecule is CC(C)C[C@H](NC(=O)C1CCCCC1)C(=O)c1nnc(SCCN2C(=O)CNC2=O)o1. The highest BCUT2D eigenvalue weighted by atomic mass is 32.2. The highest BCUT2D eigenvalue weighted by molar-refractivity contribution is 7.99. The lowest BCUT2D eigenvalue weighted by atomic mass is 9.88. The Morgan fingerprint density at radius 1 is 1.23 bits per heavy atom. The summed E-state index contributed by atoms with van der Waals surface area (Å²) >= 11 is 1.16. The first-order valence-corrected chi connectivity index (χ1v) is 11.7. The number of urea groups is 1. The van der Waals surface area contributed by atoms with Crippen LogP contribution in [0.5, 0.6) is 0 Å². The Hall–Kier alpha value is -2.43. The highest BCUT2D eigenvalue weighted by Gasteiger charge is 2.31. The van der Waals surface area contributed by atoms with Crippen molar-refractivity contribution in [2.45, 2.75) is 63.6 Å². The van der Waals surface area contributed by atoms with Crippen LogP contribution in [0.2, 0.25) is 0 Å². The number of Topliss-reactive ketones (excluding diaryl/α,β-unsaturated/α-hetero) is 1. The summed E-state index contributed by atoms with van der Waals surface area (Å²) in [7, 11) is 0. The van der Waals surface area contributed by atoms with Crippen LogP contribution in [0.4, 0.5) is 4.79 Å². The van der Waals surface area contributed by atoms with Crippen molar-refractivity contribution in [1.29, 1.82) is 0 Å². The minimum Gasteiger partial charge on any atom is -0.408 e. The lowest BCUT2D eigenvalue weighted by Crippen LogP contribution is -2.45. The molecule has 2 aliphatic rings. The number of hydrogen-bond donors (Lipinski definition) is 2. The van der Waals surface area contributed by atoms with Gasteiger partial charge in [-0.05, 0) is 25.2 Å². The molecule has 1 aromatic rings. The molecule has 170 valence electrons. The fraction of sp³-hybridized carbons (Fsp3) is 0.700. The van der Waals surface area contributed by atoms with Gasteiger partial charge in [0.05, 0.1) is 12.6 Å². The normalized spacial score (nSPS) is 18.4. The van der Waals surface area contributed by atoms with Crippen molar-refractivity contribution >= 4 is 35.4 Å². The summed E-state index contributed by atoms with van der Waals surface area (Å²) < 4.78 is 5.49. The molecule has 1 saturated carbocycles. The lowest BCUT2D eigenvalue weighted by Gasteiger charge is -2.24. The molecule has 2 heterocycles. The second-order valence-electron chi connectivity index (χ2n) is 8.32. The molecule has 2 fully saturated rings. The van der Waals surface area contributed by atoms with Crippen LogP contribution in [-0.4, -0.2) is 63.6 Å².